The number of rotatable bonds is 2. The fraction of sp³-hybridized carbons (Fsp3) is 0.500. The lowest BCUT2D eigenvalue weighted by atomic mass is 10.0. The molecular formula is C12H16ClNO2. The zero-order valence-electron chi connectivity index (χ0n) is 9.38. The maximum Gasteiger partial charge on any atom is 0.180 e. The molecule has 0 fully saturated rings. The maximum atomic E-state index is 6.17. The molecule has 16 heavy (non-hydrogen) atoms. The van der Waals surface area contributed by atoms with Gasteiger partial charge in [-0.3, -0.25) is 0 Å². The van der Waals surface area contributed by atoms with Crippen molar-refractivity contribution < 1.29 is 9.47 Å². The Bertz CT molecular complexity index is 393. The van der Waals surface area contributed by atoms with Crippen LogP contribution in [0.15, 0.2) is 6.07 Å². The van der Waals surface area contributed by atoms with Gasteiger partial charge in [0, 0.05) is 18.5 Å². The summed E-state index contributed by atoms with van der Waals surface area (Å²) in [6.45, 7) is 3.87. The van der Waals surface area contributed by atoms with Gasteiger partial charge in [-0.15, -0.1) is 0 Å². The molecule has 1 aliphatic heterocycles. The van der Waals surface area contributed by atoms with Crippen molar-refractivity contribution in [3.05, 3.63) is 22.2 Å². The molecule has 0 unspecified atom stereocenters. The average molecular weight is 242 g/mol. The van der Waals surface area contributed by atoms with Crippen molar-refractivity contribution >= 4 is 11.6 Å². The third kappa shape index (κ3) is 1.97. The third-order valence-corrected chi connectivity index (χ3v) is 3.02. The summed E-state index contributed by atoms with van der Waals surface area (Å²) < 4.78 is 11.4. The second-order valence-corrected chi connectivity index (χ2v) is 4.17. The summed E-state index contributed by atoms with van der Waals surface area (Å²) in [5.74, 6) is 1.46. The Morgan fingerprint density at radius 2 is 2.00 bits per heavy atom. The fourth-order valence-electron chi connectivity index (χ4n) is 1.96. The van der Waals surface area contributed by atoms with E-state index in [0.29, 0.717) is 30.5 Å². The van der Waals surface area contributed by atoms with E-state index in [9.17, 15) is 0 Å². The summed E-state index contributed by atoms with van der Waals surface area (Å²) in [6.07, 6.45) is 1.75. The minimum absolute atomic E-state index is 0.472. The quantitative estimate of drug-likeness (QED) is 0.866. The van der Waals surface area contributed by atoms with Gasteiger partial charge in [-0.25, -0.2) is 0 Å². The lowest BCUT2D eigenvalue weighted by Gasteiger charge is -2.16. The SMILES string of the molecule is CCc1c(CN)cc(Cl)c2c1OCCCO2. The monoisotopic (exact) mass is 241 g/mol. The van der Waals surface area contributed by atoms with Gasteiger partial charge >= 0.3 is 0 Å². The highest BCUT2D eigenvalue weighted by Crippen LogP contribution is 2.41. The average Bonchev–Trinajstić information content (AvgIpc) is 2.54. The van der Waals surface area contributed by atoms with Crippen LogP contribution in [0.4, 0.5) is 0 Å². The van der Waals surface area contributed by atoms with Crippen LogP contribution in [-0.4, -0.2) is 13.2 Å². The van der Waals surface area contributed by atoms with Gasteiger partial charge in [-0.1, -0.05) is 18.5 Å². The standard InChI is InChI=1S/C12H16ClNO2/c1-2-9-8(7-14)6-10(13)12-11(9)15-4-3-5-16-12/h6H,2-5,7,14H2,1H3. The number of hydrogen-bond acceptors (Lipinski definition) is 3. The topological polar surface area (TPSA) is 44.5 Å². The minimum atomic E-state index is 0.472. The summed E-state index contributed by atoms with van der Waals surface area (Å²) in [4.78, 5) is 0. The zero-order valence-corrected chi connectivity index (χ0v) is 10.1. The van der Waals surface area contributed by atoms with E-state index in [1.54, 1.807) is 0 Å². The molecule has 0 aromatic heterocycles. The van der Waals surface area contributed by atoms with Crippen LogP contribution in [0.2, 0.25) is 5.02 Å². The molecular weight excluding hydrogens is 226 g/mol. The Morgan fingerprint density at radius 3 is 2.62 bits per heavy atom. The first-order chi connectivity index (χ1) is 7.77. The van der Waals surface area contributed by atoms with Gasteiger partial charge in [0.25, 0.3) is 0 Å². The molecule has 0 bridgehead atoms. The molecule has 0 spiro atoms. The van der Waals surface area contributed by atoms with Crippen molar-refractivity contribution in [2.75, 3.05) is 13.2 Å². The Balaban J connectivity index is 2.57. The lowest BCUT2D eigenvalue weighted by molar-refractivity contribution is 0.296. The third-order valence-electron chi connectivity index (χ3n) is 2.74. The van der Waals surface area contributed by atoms with E-state index in [-0.39, 0.29) is 0 Å². The number of benzene rings is 1. The molecule has 0 saturated carbocycles. The molecule has 2 N–H and O–H groups in total. The van der Waals surface area contributed by atoms with Crippen molar-refractivity contribution in [2.45, 2.75) is 26.3 Å². The molecule has 3 nitrogen and oxygen atoms in total. The Hall–Kier alpha value is -0.930. The number of halogens is 1. The van der Waals surface area contributed by atoms with Crippen LogP contribution in [0.1, 0.15) is 24.5 Å². The van der Waals surface area contributed by atoms with Crippen LogP contribution in [0, 0.1) is 0 Å². The van der Waals surface area contributed by atoms with Crippen LogP contribution in [0.25, 0.3) is 0 Å². The van der Waals surface area contributed by atoms with E-state index >= 15 is 0 Å². The van der Waals surface area contributed by atoms with Gasteiger partial charge in [-0.2, -0.15) is 0 Å². The highest BCUT2D eigenvalue weighted by atomic mass is 35.5. The van der Waals surface area contributed by atoms with Crippen molar-refractivity contribution in [1.29, 1.82) is 0 Å². The van der Waals surface area contributed by atoms with Crippen LogP contribution >= 0.6 is 11.6 Å². The van der Waals surface area contributed by atoms with Crippen molar-refractivity contribution in [1.82, 2.24) is 0 Å². The molecule has 0 atom stereocenters. The molecule has 88 valence electrons. The Kier molecular flexibility index (Phi) is 3.56. The molecule has 1 heterocycles. The Labute approximate surface area is 100 Å². The van der Waals surface area contributed by atoms with Crippen LogP contribution < -0.4 is 15.2 Å². The second-order valence-electron chi connectivity index (χ2n) is 3.76. The predicted octanol–water partition coefficient (Wildman–Crippen LogP) is 2.52. The van der Waals surface area contributed by atoms with E-state index in [4.69, 9.17) is 26.8 Å². The molecule has 1 aliphatic rings. The van der Waals surface area contributed by atoms with Gasteiger partial charge < -0.3 is 15.2 Å². The normalized spacial score (nSPS) is 14.7. The van der Waals surface area contributed by atoms with Gasteiger partial charge in [0.2, 0.25) is 0 Å². The lowest BCUT2D eigenvalue weighted by Crippen LogP contribution is -2.05. The molecule has 0 aliphatic carbocycles. The first-order valence-corrected chi connectivity index (χ1v) is 5.95. The summed E-state index contributed by atoms with van der Waals surface area (Å²) in [5.41, 5.74) is 7.87. The number of hydrogen-bond donors (Lipinski definition) is 1. The maximum absolute atomic E-state index is 6.17. The van der Waals surface area contributed by atoms with Crippen molar-refractivity contribution in [2.24, 2.45) is 5.73 Å². The zero-order chi connectivity index (χ0) is 11.5. The van der Waals surface area contributed by atoms with E-state index in [0.717, 1.165) is 29.7 Å². The first-order valence-electron chi connectivity index (χ1n) is 5.57. The van der Waals surface area contributed by atoms with Crippen molar-refractivity contribution in [3.8, 4) is 11.5 Å². The van der Waals surface area contributed by atoms with Gasteiger partial charge in [-0.05, 0) is 18.1 Å². The molecule has 0 amide bonds. The number of fused-ring (bicyclic) bond motifs is 1. The second kappa shape index (κ2) is 4.93. The van der Waals surface area contributed by atoms with E-state index < -0.39 is 0 Å². The number of nitrogens with two attached hydrogens (primary N) is 1. The summed E-state index contributed by atoms with van der Waals surface area (Å²) in [5, 5.41) is 0.592. The van der Waals surface area contributed by atoms with Gasteiger partial charge in [0.1, 0.15) is 0 Å². The Morgan fingerprint density at radius 1 is 1.31 bits per heavy atom. The molecule has 1 aromatic carbocycles. The van der Waals surface area contributed by atoms with Crippen LogP contribution in [0.5, 0.6) is 11.5 Å². The predicted molar refractivity (Wildman–Crippen MR) is 64.3 cm³/mol. The fourth-order valence-corrected chi connectivity index (χ4v) is 2.23. The van der Waals surface area contributed by atoms with Crippen LogP contribution in [-0.2, 0) is 13.0 Å². The molecule has 0 radical (unpaired) electrons. The smallest absolute Gasteiger partial charge is 0.180 e. The summed E-state index contributed by atoms with van der Waals surface area (Å²) >= 11 is 6.17. The first kappa shape index (κ1) is 11.6. The summed E-state index contributed by atoms with van der Waals surface area (Å²) in [7, 11) is 0. The number of ether oxygens (including phenoxy) is 2. The summed E-state index contributed by atoms with van der Waals surface area (Å²) in [6, 6.07) is 1.88. The van der Waals surface area contributed by atoms with Gasteiger partial charge in [0.15, 0.2) is 11.5 Å². The molecule has 4 heteroatoms. The van der Waals surface area contributed by atoms with E-state index in [2.05, 4.69) is 6.92 Å². The van der Waals surface area contributed by atoms with E-state index in [1.807, 2.05) is 6.07 Å². The van der Waals surface area contributed by atoms with Crippen molar-refractivity contribution in [3.63, 3.8) is 0 Å². The molecule has 1 aromatic rings. The molecule has 0 saturated heterocycles. The highest BCUT2D eigenvalue weighted by molar-refractivity contribution is 6.32. The van der Waals surface area contributed by atoms with E-state index in [1.165, 1.54) is 0 Å². The largest absolute Gasteiger partial charge is 0.489 e. The van der Waals surface area contributed by atoms with Crippen LogP contribution in [0.3, 0.4) is 0 Å². The highest BCUT2D eigenvalue weighted by Gasteiger charge is 2.20. The minimum Gasteiger partial charge on any atom is -0.489 e. The molecule has 2 rings (SSSR count). The van der Waals surface area contributed by atoms with Gasteiger partial charge in [0.05, 0.1) is 18.2 Å².